The molecule has 0 radical (unpaired) electrons. The van der Waals surface area contributed by atoms with Crippen LogP contribution < -0.4 is 5.43 Å². The van der Waals surface area contributed by atoms with E-state index in [1.54, 1.807) is 23.6 Å². The Morgan fingerprint density at radius 1 is 1.42 bits per heavy atom. The predicted octanol–water partition coefficient (Wildman–Crippen LogP) is 3.85. The van der Waals surface area contributed by atoms with Crippen molar-refractivity contribution in [2.45, 2.75) is 6.92 Å². The van der Waals surface area contributed by atoms with Gasteiger partial charge in [-0.1, -0.05) is 11.6 Å². The highest BCUT2D eigenvalue weighted by atomic mass is 35.5. The highest BCUT2D eigenvalue weighted by Gasteiger charge is 2.08. The van der Waals surface area contributed by atoms with E-state index in [-0.39, 0.29) is 10.6 Å². The molecule has 1 aromatic heterocycles. The van der Waals surface area contributed by atoms with E-state index in [0.29, 0.717) is 5.69 Å². The van der Waals surface area contributed by atoms with E-state index in [4.69, 9.17) is 16.7 Å². The summed E-state index contributed by atoms with van der Waals surface area (Å²) in [6.07, 6.45) is 1.69. The molecule has 19 heavy (non-hydrogen) atoms. The van der Waals surface area contributed by atoms with Crippen molar-refractivity contribution < 1.29 is 9.90 Å². The van der Waals surface area contributed by atoms with E-state index in [9.17, 15) is 4.79 Å². The highest BCUT2D eigenvalue weighted by Crippen LogP contribution is 2.20. The van der Waals surface area contributed by atoms with Crippen molar-refractivity contribution in [3.8, 4) is 0 Å². The SMILES string of the molecule is Cc1ccc(/C=N\Nc2ccc(Cl)c(C(=O)O)c2)s1. The first kappa shape index (κ1) is 13.6. The van der Waals surface area contributed by atoms with Crippen LogP contribution in [-0.2, 0) is 0 Å². The summed E-state index contributed by atoms with van der Waals surface area (Å²) in [7, 11) is 0. The predicted molar refractivity (Wildman–Crippen MR) is 78.7 cm³/mol. The molecule has 0 saturated carbocycles. The van der Waals surface area contributed by atoms with Gasteiger partial charge in [-0.15, -0.1) is 11.3 Å². The standard InChI is InChI=1S/C13H11ClN2O2S/c1-8-2-4-10(19-8)7-15-16-9-3-5-12(14)11(6-9)13(17)18/h2-7,16H,1H3,(H,17,18)/b15-7-. The number of anilines is 1. The molecule has 2 aromatic rings. The van der Waals surface area contributed by atoms with Gasteiger partial charge in [0.25, 0.3) is 0 Å². The Morgan fingerprint density at radius 3 is 2.84 bits per heavy atom. The third-order valence-corrected chi connectivity index (χ3v) is 3.61. The summed E-state index contributed by atoms with van der Waals surface area (Å²) in [5, 5.41) is 13.2. The maximum atomic E-state index is 10.9. The Bertz CT molecular complexity index is 637. The van der Waals surface area contributed by atoms with Crippen LogP contribution in [0.25, 0.3) is 0 Å². The van der Waals surface area contributed by atoms with Crippen LogP contribution in [-0.4, -0.2) is 17.3 Å². The molecular formula is C13H11ClN2O2S. The fraction of sp³-hybridized carbons (Fsp3) is 0.0769. The first-order valence-corrected chi connectivity index (χ1v) is 6.64. The molecule has 0 aliphatic carbocycles. The van der Waals surface area contributed by atoms with Gasteiger partial charge in [0.15, 0.2) is 0 Å². The summed E-state index contributed by atoms with van der Waals surface area (Å²) in [4.78, 5) is 13.2. The monoisotopic (exact) mass is 294 g/mol. The van der Waals surface area contributed by atoms with Gasteiger partial charge < -0.3 is 5.11 Å². The normalized spacial score (nSPS) is 10.8. The van der Waals surface area contributed by atoms with Crippen molar-refractivity contribution in [1.29, 1.82) is 0 Å². The number of carboxylic acid groups (broad SMARTS) is 1. The topological polar surface area (TPSA) is 61.7 Å². The smallest absolute Gasteiger partial charge is 0.337 e. The fourth-order valence-corrected chi connectivity index (χ4v) is 2.40. The molecule has 0 unspecified atom stereocenters. The minimum Gasteiger partial charge on any atom is -0.478 e. The Kier molecular flexibility index (Phi) is 4.19. The van der Waals surface area contributed by atoms with Crippen LogP contribution in [0.3, 0.4) is 0 Å². The average molecular weight is 295 g/mol. The summed E-state index contributed by atoms with van der Waals surface area (Å²) in [5.74, 6) is -1.06. The van der Waals surface area contributed by atoms with Gasteiger partial charge in [-0.2, -0.15) is 5.10 Å². The number of nitrogens with one attached hydrogen (secondary N) is 1. The van der Waals surface area contributed by atoms with Crippen molar-refractivity contribution in [2.24, 2.45) is 5.10 Å². The first-order chi connectivity index (χ1) is 9.06. The summed E-state index contributed by atoms with van der Waals surface area (Å²) < 4.78 is 0. The quantitative estimate of drug-likeness (QED) is 0.665. The van der Waals surface area contributed by atoms with E-state index in [0.717, 1.165) is 4.88 Å². The van der Waals surface area contributed by atoms with Gasteiger partial charge in [0, 0.05) is 9.75 Å². The molecule has 0 bridgehead atoms. The Hall–Kier alpha value is -1.85. The molecule has 0 atom stereocenters. The number of hydrogen-bond donors (Lipinski definition) is 2. The van der Waals surface area contributed by atoms with E-state index < -0.39 is 5.97 Å². The second kappa shape index (κ2) is 5.86. The maximum absolute atomic E-state index is 10.9. The van der Waals surface area contributed by atoms with Gasteiger partial charge in [0.1, 0.15) is 0 Å². The number of carboxylic acids is 1. The third kappa shape index (κ3) is 3.56. The molecule has 0 fully saturated rings. The highest BCUT2D eigenvalue weighted by molar-refractivity contribution is 7.13. The van der Waals surface area contributed by atoms with Crippen LogP contribution >= 0.6 is 22.9 Å². The lowest BCUT2D eigenvalue weighted by atomic mass is 10.2. The van der Waals surface area contributed by atoms with E-state index in [1.807, 2.05) is 19.1 Å². The number of benzene rings is 1. The molecule has 1 heterocycles. The molecule has 0 spiro atoms. The molecule has 6 heteroatoms. The fourth-order valence-electron chi connectivity index (χ4n) is 1.45. The van der Waals surface area contributed by atoms with Crippen LogP contribution in [0, 0.1) is 6.92 Å². The number of nitrogens with zero attached hydrogens (tertiary/aromatic N) is 1. The minimum absolute atomic E-state index is 0.0498. The molecule has 1 aromatic carbocycles. The average Bonchev–Trinajstić information content (AvgIpc) is 2.77. The van der Waals surface area contributed by atoms with Gasteiger partial charge in [-0.25, -0.2) is 4.79 Å². The molecule has 2 N–H and O–H groups in total. The lowest BCUT2D eigenvalue weighted by Gasteiger charge is -2.03. The van der Waals surface area contributed by atoms with Crippen molar-refractivity contribution in [1.82, 2.24) is 0 Å². The summed E-state index contributed by atoms with van der Waals surface area (Å²) in [6.45, 7) is 2.02. The van der Waals surface area contributed by atoms with Crippen LogP contribution in [0.2, 0.25) is 5.02 Å². The van der Waals surface area contributed by atoms with Crippen molar-refractivity contribution in [3.63, 3.8) is 0 Å². The minimum atomic E-state index is -1.06. The van der Waals surface area contributed by atoms with Crippen LogP contribution in [0.15, 0.2) is 35.4 Å². The van der Waals surface area contributed by atoms with Crippen molar-refractivity contribution in [2.75, 3.05) is 5.43 Å². The first-order valence-electron chi connectivity index (χ1n) is 5.44. The summed E-state index contributed by atoms with van der Waals surface area (Å²) >= 11 is 7.41. The van der Waals surface area contributed by atoms with E-state index in [1.165, 1.54) is 17.0 Å². The zero-order chi connectivity index (χ0) is 13.8. The largest absolute Gasteiger partial charge is 0.478 e. The van der Waals surface area contributed by atoms with Gasteiger partial charge in [-0.05, 0) is 37.3 Å². The van der Waals surface area contributed by atoms with Gasteiger partial charge in [0.2, 0.25) is 0 Å². The maximum Gasteiger partial charge on any atom is 0.337 e. The van der Waals surface area contributed by atoms with Crippen molar-refractivity contribution in [3.05, 3.63) is 50.7 Å². The molecule has 0 aliphatic heterocycles. The van der Waals surface area contributed by atoms with Gasteiger partial charge in [0.05, 0.1) is 22.5 Å². The summed E-state index contributed by atoms with van der Waals surface area (Å²) in [5.41, 5.74) is 3.40. The number of hydrazone groups is 1. The number of thiophene rings is 1. The Labute approximate surface area is 119 Å². The van der Waals surface area contributed by atoms with Gasteiger partial charge in [-0.3, -0.25) is 5.43 Å². The van der Waals surface area contributed by atoms with Gasteiger partial charge >= 0.3 is 5.97 Å². The van der Waals surface area contributed by atoms with Crippen LogP contribution in [0.4, 0.5) is 5.69 Å². The number of aryl methyl sites for hydroxylation is 1. The third-order valence-electron chi connectivity index (χ3n) is 2.34. The van der Waals surface area contributed by atoms with Crippen LogP contribution in [0.1, 0.15) is 20.1 Å². The van der Waals surface area contributed by atoms with Crippen LogP contribution in [0.5, 0.6) is 0 Å². The molecule has 0 aliphatic rings. The zero-order valence-corrected chi connectivity index (χ0v) is 11.6. The molecule has 0 saturated heterocycles. The second-order valence-electron chi connectivity index (χ2n) is 3.82. The number of aromatic carboxylic acids is 1. The number of halogens is 1. The molecular weight excluding hydrogens is 284 g/mol. The van der Waals surface area contributed by atoms with E-state index in [2.05, 4.69) is 10.5 Å². The molecule has 98 valence electrons. The number of hydrogen-bond acceptors (Lipinski definition) is 4. The summed E-state index contributed by atoms with van der Waals surface area (Å²) in [6, 6.07) is 8.62. The molecule has 4 nitrogen and oxygen atoms in total. The number of rotatable bonds is 4. The molecule has 2 rings (SSSR count). The zero-order valence-electron chi connectivity index (χ0n) is 10.1. The molecule has 0 amide bonds. The number of carbonyl (C=O) groups is 1. The Balaban J connectivity index is 2.09. The van der Waals surface area contributed by atoms with Crippen molar-refractivity contribution >= 4 is 40.8 Å². The Morgan fingerprint density at radius 2 is 2.21 bits per heavy atom. The lowest BCUT2D eigenvalue weighted by molar-refractivity contribution is 0.0697. The lowest BCUT2D eigenvalue weighted by Crippen LogP contribution is -1.99. The van der Waals surface area contributed by atoms with E-state index >= 15 is 0 Å². The second-order valence-corrected chi connectivity index (χ2v) is 5.54.